The number of aromatic nitrogens is 1. The van der Waals surface area contributed by atoms with Gasteiger partial charge in [0.2, 0.25) is 11.8 Å². The first-order chi connectivity index (χ1) is 11.4. The number of nitrogens with zero attached hydrogens (tertiary/aromatic N) is 3. The molecular formula is C17H24N4O3. The second-order valence-corrected chi connectivity index (χ2v) is 6.85. The summed E-state index contributed by atoms with van der Waals surface area (Å²) >= 11 is 0. The largest absolute Gasteiger partial charge is 0.367 e. The lowest BCUT2D eigenvalue weighted by Gasteiger charge is -2.33. The predicted molar refractivity (Wildman–Crippen MR) is 88.3 cm³/mol. The molecule has 2 aliphatic heterocycles. The maximum absolute atomic E-state index is 12.8. The van der Waals surface area contributed by atoms with E-state index in [4.69, 9.17) is 0 Å². The number of rotatable bonds is 2. The highest BCUT2D eigenvalue weighted by Crippen LogP contribution is 2.35. The number of H-pyrrole nitrogens is 1. The molecule has 1 spiro atoms. The van der Waals surface area contributed by atoms with Crippen molar-refractivity contribution in [1.29, 1.82) is 0 Å². The van der Waals surface area contributed by atoms with Crippen molar-refractivity contribution in [3.05, 3.63) is 24.0 Å². The summed E-state index contributed by atoms with van der Waals surface area (Å²) < 4.78 is 0. The second kappa shape index (κ2) is 6.30. The minimum atomic E-state index is -0.374. The van der Waals surface area contributed by atoms with E-state index in [9.17, 15) is 14.4 Å². The molecule has 7 nitrogen and oxygen atoms in total. The highest BCUT2D eigenvalue weighted by Gasteiger charge is 2.47. The zero-order chi connectivity index (χ0) is 17.3. The van der Waals surface area contributed by atoms with E-state index in [0.29, 0.717) is 51.3 Å². The van der Waals surface area contributed by atoms with Gasteiger partial charge in [0.05, 0.1) is 5.56 Å². The van der Waals surface area contributed by atoms with E-state index in [-0.39, 0.29) is 23.1 Å². The van der Waals surface area contributed by atoms with Crippen molar-refractivity contribution >= 4 is 17.7 Å². The summed E-state index contributed by atoms with van der Waals surface area (Å²) in [5.41, 5.74) is 0.236. The molecule has 0 aromatic carbocycles. The number of hydrogen-bond donors (Lipinski definition) is 1. The van der Waals surface area contributed by atoms with E-state index < -0.39 is 0 Å². The van der Waals surface area contributed by atoms with Crippen molar-refractivity contribution in [1.82, 2.24) is 19.7 Å². The van der Waals surface area contributed by atoms with Crippen LogP contribution in [-0.4, -0.2) is 76.7 Å². The Labute approximate surface area is 141 Å². The van der Waals surface area contributed by atoms with Crippen LogP contribution in [0.3, 0.4) is 0 Å². The lowest BCUT2D eigenvalue weighted by Crippen LogP contribution is -2.45. The Balaban J connectivity index is 1.87. The molecule has 3 rings (SSSR count). The average molecular weight is 332 g/mol. The van der Waals surface area contributed by atoms with Gasteiger partial charge in [-0.3, -0.25) is 14.4 Å². The third-order valence-electron chi connectivity index (χ3n) is 5.06. The molecule has 24 heavy (non-hydrogen) atoms. The van der Waals surface area contributed by atoms with Gasteiger partial charge >= 0.3 is 0 Å². The number of likely N-dealkylation sites (tertiary alicyclic amines) is 1. The summed E-state index contributed by atoms with van der Waals surface area (Å²) in [6, 6.07) is 1.75. The zero-order valence-electron chi connectivity index (χ0n) is 14.2. The second-order valence-electron chi connectivity index (χ2n) is 6.85. The Bertz CT molecular complexity index is 642. The molecule has 3 amide bonds. The number of aromatic amines is 1. The van der Waals surface area contributed by atoms with Crippen LogP contribution in [0.2, 0.25) is 0 Å². The van der Waals surface area contributed by atoms with Gasteiger partial charge < -0.3 is 19.7 Å². The van der Waals surface area contributed by atoms with E-state index in [1.54, 1.807) is 35.2 Å². The Kier molecular flexibility index (Phi) is 4.34. The van der Waals surface area contributed by atoms with Gasteiger partial charge in [0.15, 0.2) is 0 Å². The summed E-state index contributed by atoms with van der Waals surface area (Å²) in [4.78, 5) is 45.3. The van der Waals surface area contributed by atoms with Gasteiger partial charge in [-0.2, -0.15) is 0 Å². The first-order valence-corrected chi connectivity index (χ1v) is 8.39. The number of carbonyl (C=O) groups is 3. The van der Waals surface area contributed by atoms with Crippen LogP contribution in [0.15, 0.2) is 18.5 Å². The monoisotopic (exact) mass is 332 g/mol. The van der Waals surface area contributed by atoms with Crippen LogP contribution in [0.5, 0.6) is 0 Å². The van der Waals surface area contributed by atoms with Crippen LogP contribution < -0.4 is 0 Å². The highest BCUT2D eigenvalue weighted by atomic mass is 16.2. The van der Waals surface area contributed by atoms with E-state index in [0.717, 1.165) is 0 Å². The first-order valence-electron chi connectivity index (χ1n) is 8.39. The molecule has 2 saturated heterocycles. The summed E-state index contributed by atoms with van der Waals surface area (Å²) in [7, 11) is 0. The van der Waals surface area contributed by atoms with E-state index in [2.05, 4.69) is 4.98 Å². The molecule has 3 heterocycles. The number of nitrogens with one attached hydrogen (secondary N) is 1. The lowest BCUT2D eigenvalue weighted by molar-refractivity contribution is -0.130. The molecule has 1 aromatic heterocycles. The molecule has 2 aliphatic rings. The molecule has 0 bridgehead atoms. The molecule has 2 fully saturated rings. The molecule has 1 unspecified atom stereocenters. The molecular weight excluding hydrogens is 308 g/mol. The predicted octanol–water partition coefficient (Wildman–Crippen LogP) is 0.558. The van der Waals surface area contributed by atoms with Gasteiger partial charge in [-0.15, -0.1) is 0 Å². The standard InChI is InChI=1S/C17H24N4O3/c1-3-19-10-17(8-15(19)23)11-20(13(2)22)6-7-21(12-17)16(24)14-4-5-18-9-14/h4-5,9,18H,3,6-8,10-12H2,1-2H3. The number of carbonyl (C=O) groups excluding carboxylic acids is 3. The number of hydrogen-bond acceptors (Lipinski definition) is 3. The summed E-state index contributed by atoms with van der Waals surface area (Å²) in [6.45, 7) is 6.80. The zero-order valence-corrected chi connectivity index (χ0v) is 14.2. The molecule has 0 aliphatic carbocycles. The van der Waals surface area contributed by atoms with Crippen LogP contribution in [0, 0.1) is 5.41 Å². The minimum absolute atomic E-state index is 0.00674. The van der Waals surface area contributed by atoms with Gasteiger partial charge in [0, 0.05) is 70.4 Å². The van der Waals surface area contributed by atoms with E-state index in [1.165, 1.54) is 0 Å². The Morgan fingerprint density at radius 3 is 2.50 bits per heavy atom. The fourth-order valence-electron chi connectivity index (χ4n) is 3.82. The lowest BCUT2D eigenvalue weighted by atomic mass is 9.85. The fourth-order valence-corrected chi connectivity index (χ4v) is 3.82. The Morgan fingerprint density at radius 2 is 1.92 bits per heavy atom. The van der Waals surface area contributed by atoms with Crippen LogP contribution in [0.25, 0.3) is 0 Å². The molecule has 0 saturated carbocycles. The number of amides is 3. The van der Waals surface area contributed by atoms with Crippen molar-refractivity contribution in [3.63, 3.8) is 0 Å². The summed E-state index contributed by atoms with van der Waals surface area (Å²) in [6.07, 6.45) is 3.79. The Hall–Kier alpha value is -2.31. The summed E-state index contributed by atoms with van der Waals surface area (Å²) in [5.74, 6) is 0.0492. The quantitative estimate of drug-likeness (QED) is 0.860. The van der Waals surface area contributed by atoms with Crippen molar-refractivity contribution < 1.29 is 14.4 Å². The molecule has 1 aromatic rings. The van der Waals surface area contributed by atoms with Crippen LogP contribution in [0.4, 0.5) is 0 Å². The third-order valence-corrected chi connectivity index (χ3v) is 5.06. The topological polar surface area (TPSA) is 76.7 Å². The summed E-state index contributed by atoms with van der Waals surface area (Å²) in [5, 5.41) is 0. The van der Waals surface area contributed by atoms with Crippen molar-refractivity contribution in [3.8, 4) is 0 Å². The molecule has 1 N–H and O–H groups in total. The maximum Gasteiger partial charge on any atom is 0.255 e. The van der Waals surface area contributed by atoms with Crippen molar-refractivity contribution in [2.24, 2.45) is 5.41 Å². The highest BCUT2D eigenvalue weighted by molar-refractivity contribution is 5.94. The van der Waals surface area contributed by atoms with E-state index in [1.807, 2.05) is 11.8 Å². The van der Waals surface area contributed by atoms with Crippen LogP contribution >= 0.6 is 0 Å². The van der Waals surface area contributed by atoms with Gasteiger partial charge in [-0.05, 0) is 13.0 Å². The SMILES string of the molecule is CCN1CC2(CC1=O)CN(C(C)=O)CCN(C(=O)c1cc[nH]c1)C2. The van der Waals surface area contributed by atoms with E-state index >= 15 is 0 Å². The molecule has 0 radical (unpaired) electrons. The smallest absolute Gasteiger partial charge is 0.255 e. The van der Waals surface area contributed by atoms with Crippen LogP contribution in [-0.2, 0) is 9.59 Å². The van der Waals surface area contributed by atoms with Crippen molar-refractivity contribution in [2.75, 3.05) is 39.3 Å². The average Bonchev–Trinajstić information content (AvgIpc) is 3.12. The van der Waals surface area contributed by atoms with Gasteiger partial charge in [-0.25, -0.2) is 0 Å². The van der Waals surface area contributed by atoms with Crippen molar-refractivity contribution in [2.45, 2.75) is 20.3 Å². The first kappa shape index (κ1) is 16.5. The maximum atomic E-state index is 12.8. The van der Waals surface area contributed by atoms with Gasteiger partial charge in [0.1, 0.15) is 0 Å². The third kappa shape index (κ3) is 3.02. The molecule has 1 atom stereocenters. The fraction of sp³-hybridized carbons (Fsp3) is 0.588. The normalized spacial score (nSPS) is 24.6. The molecule has 130 valence electrons. The minimum Gasteiger partial charge on any atom is -0.367 e. The van der Waals surface area contributed by atoms with Gasteiger partial charge in [-0.1, -0.05) is 0 Å². The molecule has 7 heteroatoms. The van der Waals surface area contributed by atoms with Crippen LogP contribution in [0.1, 0.15) is 30.6 Å². The van der Waals surface area contributed by atoms with Gasteiger partial charge in [0.25, 0.3) is 5.91 Å². The Morgan fingerprint density at radius 1 is 1.21 bits per heavy atom.